The van der Waals surface area contributed by atoms with Gasteiger partial charge in [0.1, 0.15) is 0 Å². The average molecular weight is 501 g/mol. The number of guanidine groups is 1. The van der Waals surface area contributed by atoms with Crippen molar-refractivity contribution < 1.29 is 0 Å². The molecule has 0 radical (unpaired) electrons. The highest BCUT2D eigenvalue weighted by molar-refractivity contribution is 14.0. The van der Waals surface area contributed by atoms with Gasteiger partial charge in [0.05, 0.1) is 5.52 Å². The van der Waals surface area contributed by atoms with Crippen LogP contribution in [0, 0.1) is 0 Å². The molecule has 4 rings (SSSR count). The Morgan fingerprint density at radius 3 is 2.69 bits per heavy atom. The van der Waals surface area contributed by atoms with E-state index < -0.39 is 0 Å². The van der Waals surface area contributed by atoms with Crippen LogP contribution in [0.3, 0.4) is 0 Å². The fourth-order valence-corrected chi connectivity index (χ4v) is 3.70. The molecule has 0 saturated carbocycles. The van der Waals surface area contributed by atoms with Crippen molar-refractivity contribution >= 4 is 46.5 Å². The summed E-state index contributed by atoms with van der Waals surface area (Å²) in [5, 5.41) is 8.17. The average Bonchev–Trinajstić information content (AvgIpc) is 3.22. The predicted octanol–water partition coefficient (Wildman–Crippen LogP) is 3.84. The first-order chi connectivity index (χ1) is 13.8. The predicted molar refractivity (Wildman–Crippen MR) is 132 cm³/mol. The Bertz CT molecular complexity index is 944. The van der Waals surface area contributed by atoms with Crippen LogP contribution in [0.15, 0.2) is 71.7 Å². The Morgan fingerprint density at radius 2 is 1.86 bits per heavy atom. The van der Waals surface area contributed by atoms with Crippen molar-refractivity contribution in [2.75, 3.05) is 31.6 Å². The van der Waals surface area contributed by atoms with Crippen molar-refractivity contribution in [2.45, 2.75) is 18.9 Å². The third-order valence-corrected chi connectivity index (χ3v) is 5.20. The number of nitrogens with one attached hydrogen (secondary N) is 2. The van der Waals surface area contributed by atoms with E-state index in [2.05, 4.69) is 75.1 Å². The van der Waals surface area contributed by atoms with Crippen LogP contribution in [0.25, 0.3) is 10.9 Å². The molecular weight excluding hydrogens is 473 g/mol. The molecule has 1 saturated heterocycles. The van der Waals surface area contributed by atoms with Gasteiger partial charge in [-0.1, -0.05) is 42.5 Å². The first-order valence-electron chi connectivity index (χ1n) is 9.94. The van der Waals surface area contributed by atoms with Crippen LogP contribution in [-0.2, 0) is 6.42 Å². The van der Waals surface area contributed by atoms with Gasteiger partial charge in [0.25, 0.3) is 0 Å². The molecule has 152 valence electrons. The van der Waals surface area contributed by atoms with E-state index in [-0.39, 0.29) is 24.0 Å². The molecule has 2 N–H and O–H groups in total. The number of rotatable bonds is 5. The molecule has 29 heavy (non-hydrogen) atoms. The van der Waals surface area contributed by atoms with Crippen molar-refractivity contribution in [3.63, 3.8) is 0 Å². The van der Waals surface area contributed by atoms with Crippen molar-refractivity contribution in [1.82, 2.24) is 15.6 Å². The zero-order valence-electron chi connectivity index (χ0n) is 16.7. The molecule has 1 fully saturated rings. The van der Waals surface area contributed by atoms with Gasteiger partial charge >= 0.3 is 0 Å². The third kappa shape index (κ3) is 5.59. The van der Waals surface area contributed by atoms with Crippen LogP contribution >= 0.6 is 24.0 Å². The number of aliphatic imine (C=N–C) groups is 1. The molecule has 0 bridgehead atoms. The molecule has 1 aliphatic heterocycles. The van der Waals surface area contributed by atoms with E-state index in [1.165, 1.54) is 11.1 Å². The second-order valence-corrected chi connectivity index (χ2v) is 7.16. The molecule has 1 aliphatic rings. The molecule has 2 aromatic carbocycles. The minimum atomic E-state index is 0. The minimum Gasteiger partial charge on any atom is -0.369 e. The van der Waals surface area contributed by atoms with Crippen LogP contribution in [0.5, 0.6) is 0 Å². The molecule has 2 heterocycles. The van der Waals surface area contributed by atoms with Crippen molar-refractivity contribution in [3.05, 3.63) is 72.4 Å². The van der Waals surface area contributed by atoms with E-state index in [0.29, 0.717) is 6.04 Å². The highest BCUT2D eigenvalue weighted by Gasteiger charge is 2.23. The number of pyridine rings is 1. The van der Waals surface area contributed by atoms with E-state index in [4.69, 9.17) is 4.98 Å². The summed E-state index contributed by atoms with van der Waals surface area (Å²) in [6.45, 7) is 2.87. The standard InChI is InChI=1S/C23H27N5.HI/c1-24-23(27-20-14-16-28(17-20)21-8-3-2-4-9-21)25-15-13-19-12-11-18-7-5-6-10-22(18)26-19;/h2-12,20H,13-17H2,1H3,(H2,24,25,27);1H. The molecule has 0 aliphatic carbocycles. The van der Waals surface area contributed by atoms with E-state index in [0.717, 1.165) is 49.6 Å². The van der Waals surface area contributed by atoms with Gasteiger partial charge in [-0.3, -0.25) is 9.98 Å². The Hall–Kier alpha value is -2.35. The monoisotopic (exact) mass is 501 g/mol. The summed E-state index contributed by atoms with van der Waals surface area (Å²) in [4.78, 5) is 11.5. The first kappa shape index (κ1) is 21.4. The zero-order valence-corrected chi connectivity index (χ0v) is 19.0. The summed E-state index contributed by atoms with van der Waals surface area (Å²) >= 11 is 0. The maximum Gasteiger partial charge on any atom is 0.191 e. The summed E-state index contributed by atoms with van der Waals surface area (Å²) in [6, 6.07) is 23.5. The third-order valence-electron chi connectivity index (χ3n) is 5.20. The Morgan fingerprint density at radius 1 is 1.07 bits per heavy atom. The summed E-state index contributed by atoms with van der Waals surface area (Å²) in [5.74, 6) is 0.862. The molecule has 0 amide bonds. The maximum atomic E-state index is 4.74. The fourth-order valence-electron chi connectivity index (χ4n) is 3.70. The highest BCUT2D eigenvalue weighted by Crippen LogP contribution is 2.19. The van der Waals surface area contributed by atoms with Crippen molar-refractivity contribution in [2.24, 2.45) is 4.99 Å². The number of hydrogen-bond acceptors (Lipinski definition) is 3. The van der Waals surface area contributed by atoms with Gasteiger partial charge in [-0.2, -0.15) is 0 Å². The number of anilines is 1. The number of fused-ring (bicyclic) bond motifs is 1. The normalized spacial score (nSPS) is 16.5. The topological polar surface area (TPSA) is 52.6 Å². The first-order valence-corrected chi connectivity index (χ1v) is 9.94. The summed E-state index contributed by atoms with van der Waals surface area (Å²) < 4.78 is 0. The Balaban J connectivity index is 0.00000240. The second kappa shape index (κ2) is 10.4. The molecule has 1 atom stereocenters. The second-order valence-electron chi connectivity index (χ2n) is 7.16. The van der Waals surface area contributed by atoms with Crippen LogP contribution in [-0.4, -0.2) is 43.7 Å². The lowest BCUT2D eigenvalue weighted by atomic mass is 10.2. The molecule has 5 nitrogen and oxygen atoms in total. The molecule has 3 aromatic rings. The van der Waals surface area contributed by atoms with Crippen LogP contribution in [0.1, 0.15) is 12.1 Å². The Kier molecular flexibility index (Phi) is 7.69. The zero-order chi connectivity index (χ0) is 19.2. The number of halogens is 1. The molecule has 1 aromatic heterocycles. The quantitative estimate of drug-likeness (QED) is 0.317. The van der Waals surface area contributed by atoms with Gasteiger partial charge in [0, 0.05) is 55.9 Å². The molecular formula is C23H28IN5. The fraction of sp³-hybridized carbons (Fsp3) is 0.304. The molecule has 0 spiro atoms. The number of para-hydroxylation sites is 2. The largest absolute Gasteiger partial charge is 0.369 e. The van der Waals surface area contributed by atoms with Crippen LogP contribution < -0.4 is 15.5 Å². The number of hydrogen-bond donors (Lipinski definition) is 2. The smallest absolute Gasteiger partial charge is 0.191 e. The minimum absolute atomic E-state index is 0. The lowest BCUT2D eigenvalue weighted by Crippen LogP contribution is -2.45. The molecule has 1 unspecified atom stereocenters. The van der Waals surface area contributed by atoms with E-state index in [1.54, 1.807) is 0 Å². The van der Waals surface area contributed by atoms with Crippen molar-refractivity contribution in [1.29, 1.82) is 0 Å². The summed E-state index contributed by atoms with van der Waals surface area (Å²) in [5.41, 5.74) is 3.43. The van der Waals surface area contributed by atoms with Gasteiger partial charge in [0.2, 0.25) is 0 Å². The SMILES string of the molecule is CN=C(NCCc1ccc2ccccc2n1)NC1CCN(c2ccccc2)C1.I. The van der Waals surface area contributed by atoms with Gasteiger partial charge in [-0.05, 0) is 30.7 Å². The molecule has 6 heteroatoms. The van der Waals surface area contributed by atoms with Gasteiger partial charge in [-0.15, -0.1) is 24.0 Å². The highest BCUT2D eigenvalue weighted by atomic mass is 127. The van der Waals surface area contributed by atoms with E-state index in [9.17, 15) is 0 Å². The lowest BCUT2D eigenvalue weighted by Gasteiger charge is -2.20. The van der Waals surface area contributed by atoms with Crippen molar-refractivity contribution in [3.8, 4) is 0 Å². The van der Waals surface area contributed by atoms with Crippen LogP contribution in [0.4, 0.5) is 5.69 Å². The summed E-state index contributed by atoms with van der Waals surface area (Å²) in [6.07, 6.45) is 1.98. The number of benzene rings is 2. The summed E-state index contributed by atoms with van der Waals surface area (Å²) in [7, 11) is 1.83. The van der Waals surface area contributed by atoms with E-state index in [1.807, 2.05) is 19.2 Å². The Labute approximate surface area is 189 Å². The van der Waals surface area contributed by atoms with Gasteiger partial charge in [0.15, 0.2) is 5.96 Å². The number of nitrogens with zero attached hydrogens (tertiary/aromatic N) is 3. The lowest BCUT2D eigenvalue weighted by molar-refractivity contribution is 0.647. The van der Waals surface area contributed by atoms with E-state index >= 15 is 0 Å². The maximum absolute atomic E-state index is 4.74. The van der Waals surface area contributed by atoms with Gasteiger partial charge < -0.3 is 15.5 Å². The van der Waals surface area contributed by atoms with Gasteiger partial charge in [-0.25, -0.2) is 0 Å². The number of aromatic nitrogens is 1. The van der Waals surface area contributed by atoms with Crippen LogP contribution in [0.2, 0.25) is 0 Å².